The van der Waals surface area contributed by atoms with Crippen molar-refractivity contribution in [2.45, 2.75) is 20.4 Å². The molecular weight excluding hydrogens is 240 g/mol. The molecule has 0 fully saturated rings. The summed E-state index contributed by atoms with van der Waals surface area (Å²) in [4.78, 5) is 11.7. The van der Waals surface area contributed by atoms with E-state index in [1.165, 1.54) is 0 Å². The maximum Gasteiger partial charge on any atom is 0.251 e. The Morgan fingerprint density at radius 1 is 1.26 bits per heavy atom. The monoisotopic (exact) mass is 258 g/mol. The number of rotatable bonds is 5. The van der Waals surface area contributed by atoms with Crippen LogP contribution in [0.4, 0.5) is 5.69 Å². The number of furan rings is 1. The molecule has 0 bridgehead atoms. The Bertz CT molecular complexity index is 561. The molecule has 0 atom stereocenters. The fourth-order valence-electron chi connectivity index (χ4n) is 1.80. The predicted molar refractivity (Wildman–Crippen MR) is 75.2 cm³/mol. The Balaban J connectivity index is 2.00. The first-order valence-corrected chi connectivity index (χ1v) is 6.36. The van der Waals surface area contributed by atoms with Crippen LogP contribution in [0, 0.1) is 6.92 Å². The van der Waals surface area contributed by atoms with Crippen LogP contribution < -0.4 is 10.6 Å². The summed E-state index contributed by atoms with van der Waals surface area (Å²) in [6, 6.07) is 11.3. The van der Waals surface area contributed by atoms with Crippen molar-refractivity contribution in [2.24, 2.45) is 0 Å². The van der Waals surface area contributed by atoms with Gasteiger partial charge in [-0.05, 0) is 44.2 Å². The average Bonchev–Trinajstić information content (AvgIpc) is 2.83. The minimum absolute atomic E-state index is 0.0556. The molecule has 1 aromatic carbocycles. The largest absolute Gasteiger partial charge is 0.465 e. The van der Waals surface area contributed by atoms with Gasteiger partial charge in [-0.15, -0.1) is 0 Å². The number of anilines is 1. The number of carbonyl (C=O) groups excluding carboxylic acids is 1. The Labute approximate surface area is 112 Å². The SMILES string of the molecule is CCNC(=O)c1cccc(NCc2ccc(C)o2)c1. The molecular formula is C15H18N2O2. The highest BCUT2D eigenvalue weighted by Crippen LogP contribution is 2.13. The first-order valence-electron chi connectivity index (χ1n) is 6.36. The first kappa shape index (κ1) is 13.2. The standard InChI is InChI=1S/C15H18N2O2/c1-3-16-15(18)12-5-4-6-13(9-12)17-10-14-8-7-11(2)19-14/h4-9,17H,3,10H2,1-2H3,(H,16,18). The lowest BCUT2D eigenvalue weighted by Gasteiger charge is -2.07. The van der Waals surface area contributed by atoms with Crippen molar-refractivity contribution in [3.05, 3.63) is 53.5 Å². The van der Waals surface area contributed by atoms with Crippen LogP contribution in [0.1, 0.15) is 28.8 Å². The van der Waals surface area contributed by atoms with E-state index in [4.69, 9.17) is 4.42 Å². The number of aryl methyl sites for hydroxylation is 1. The average molecular weight is 258 g/mol. The van der Waals surface area contributed by atoms with E-state index in [1.54, 1.807) is 6.07 Å². The van der Waals surface area contributed by atoms with Gasteiger partial charge in [0.2, 0.25) is 0 Å². The fraction of sp³-hybridized carbons (Fsp3) is 0.267. The van der Waals surface area contributed by atoms with Crippen LogP contribution in [0.3, 0.4) is 0 Å². The molecule has 0 saturated heterocycles. The van der Waals surface area contributed by atoms with Crippen molar-refractivity contribution in [3.8, 4) is 0 Å². The topological polar surface area (TPSA) is 54.3 Å². The molecule has 19 heavy (non-hydrogen) atoms. The third-order valence-electron chi connectivity index (χ3n) is 2.72. The molecule has 1 aromatic heterocycles. The van der Waals surface area contributed by atoms with Crippen LogP contribution in [0.2, 0.25) is 0 Å². The zero-order chi connectivity index (χ0) is 13.7. The summed E-state index contributed by atoms with van der Waals surface area (Å²) in [7, 11) is 0. The highest BCUT2D eigenvalue weighted by Gasteiger charge is 2.05. The van der Waals surface area contributed by atoms with Crippen molar-refractivity contribution in [2.75, 3.05) is 11.9 Å². The van der Waals surface area contributed by atoms with Crippen molar-refractivity contribution >= 4 is 11.6 Å². The van der Waals surface area contributed by atoms with E-state index >= 15 is 0 Å². The summed E-state index contributed by atoms with van der Waals surface area (Å²) in [6.07, 6.45) is 0. The molecule has 4 nitrogen and oxygen atoms in total. The second kappa shape index (κ2) is 6.09. The van der Waals surface area contributed by atoms with Crippen molar-refractivity contribution in [1.82, 2.24) is 5.32 Å². The van der Waals surface area contributed by atoms with E-state index in [0.29, 0.717) is 18.7 Å². The second-order valence-electron chi connectivity index (χ2n) is 4.31. The van der Waals surface area contributed by atoms with Crippen molar-refractivity contribution < 1.29 is 9.21 Å². The van der Waals surface area contributed by atoms with Gasteiger partial charge in [0.25, 0.3) is 5.91 Å². The molecule has 0 aliphatic heterocycles. The van der Waals surface area contributed by atoms with Gasteiger partial charge in [0.15, 0.2) is 0 Å². The summed E-state index contributed by atoms with van der Waals surface area (Å²) in [5.41, 5.74) is 1.56. The third-order valence-corrected chi connectivity index (χ3v) is 2.72. The number of carbonyl (C=O) groups is 1. The maximum absolute atomic E-state index is 11.7. The normalized spacial score (nSPS) is 10.2. The zero-order valence-electron chi connectivity index (χ0n) is 11.2. The van der Waals surface area contributed by atoms with Crippen LogP contribution in [-0.4, -0.2) is 12.5 Å². The van der Waals surface area contributed by atoms with E-state index in [2.05, 4.69) is 10.6 Å². The minimum Gasteiger partial charge on any atom is -0.465 e. The minimum atomic E-state index is -0.0556. The molecule has 0 saturated carbocycles. The Morgan fingerprint density at radius 3 is 2.79 bits per heavy atom. The molecule has 0 unspecified atom stereocenters. The highest BCUT2D eigenvalue weighted by molar-refractivity contribution is 5.95. The van der Waals surface area contributed by atoms with Crippen molar-refractivity contribution in [1.29, 1.82) is 0 Å². The van der Waals surface area contributed by atoms with Gasteiger partial charge < -0.3 is 15.1 Å². The summed E-state index contributed by atoms with van der Waals surface area (Å²) in [6.45, 7) is 5.05. The molecule has 0 spiro atoms. The Hall–Kier alpha value is -2.23. The van der Waals surface area contributed by atoms with Crippen LogP contribution >= 0.6 is 0 Å². The molecule has 4 heteroatoms. The van der Waals surface area contributed by atoms with Crippen LogP contribution in [0.5, 0.6) is 0 Å². The lowest BCUT2D eigenvalue weighted by Crippen LogP contribution is -2.22. The molecule has 2 N–H and O–H groups in total. The van der Waals surface area contributed by atoms with Crippen molar-refractivity contribution in [3.63, 3.8) is 0 Å². The lowest BCUT2D eigenvalue weighted by molar-refractivity contribution is 0.0956. The van der Waals surface area contributed by atoms with E-state index in [9.17, 15) is 4.79 Å². The van der Waals surface area contributed by atoms with Gasteiger partial charge in [0.05, 0.1) is 6.54 Å². The van der Waals surface area contributed by atoms with Gasteiger partial charge >= 0.3 is 0 Å². The Kier molecular flexibility index (Phi) is 4.23. The number of benzene rings is 1. The molecule has 100 valence electrons. The van der Waals surface area contributed by atoms with E-state index in [1.807, 2.05) is 44.2 Å². The van der Waals surface area contributed by atoms with Gasteiger partial charge in [0.1, 0.15) is 11.5 Å². The second-order valence-corrected chi connectivity index (χ2v) is 4.31. The molecule has 1 heterocycles. The van der Waals surface area contributed by atoms with E-state index in [-0.39, 0.29) is 5.91 Å². The van der Waals surface area contributed by atoms with Gasteiger partial charge in [0, 0.05) is 17.8 Å². The fourth-order valence-corrected chi connectivity index (χ4v) is 1.80. The first-order chi connectivity index (χ1) is 9.19. The van der Waals surface area contributed by atoms with Gasteiger partial charge in [-0.25, -0.2) is 0 Å². The molecule has 0 radical (unpaired) electrons. The molecule has 2 rings (SSSR count). The highest BCUT2D eigenvalue weighted by atomic mass is 16.3. The molecule has 2 aromatic rings. The van der Waals surface area contributed by atoms with Gasteiger partial charge in [-0.3, -0.25) is 4.79 Å². The predicted octanol–water partition coefficient (Wildman–Crippen LogP) is 2.95. The number of nitrogens with one attached hydrogen (secondary N) is 2. The summed E-state index contributed by atoms with van der Waals surface area (Å²) in [5.74, 6) is 1.72. The molecule has 0 aliphatic rings. The Morgan fingerprint density at radius 2 is 2.11 bits per heavy atom. The van der Waals surface area contributed by atoms with Crippen LogP contribution in [-0.2, 0) is 6.54 Å². The molecule has 0 aliphatic carbocycles. The molecule has 1 amide bonds. The maximum atomic E-state index is 11.7. The number of hydrogen-bond donors (Lipinski definition) is 2. The third kappa shape index (κ3) is 3.61. The quantitative estimate of drug-likeness (QED) is 0.867. The van der Waals surface area contributed by atoms with Crippen LogP contribution in [0.25, 0.3) is 0 Å². The van der Waals surface area contributed by atoms with Crippen LogP contribution in [0.15, 0.2) is 40.8 Å². The van der Waals surface area contributed by atoms with E-state index < -0.39 is 0 Å². The smallest absolute Gasteiger partial charge is 0.251 e. The summed E-state index contributed by atoms with van der Waals surface area (Å²) < 4.78 is 5.48. The lowest BCUT2D eigenvalue weighted by atomic mass is 10.2. The number of amides is 1. The van der Waals surface area contributed by atoms with Gasteiger partial charge in [-0.1, -0.05) is 6.07 Å². The zero-order valence-corrected chi connectivity index (χ0v) is 11.2. The summed E-state index contributed by atoms with van der Waals surface area (Å²) in [5, 5.41) is 6.02. The summed E-state index contributed by atoms with van der Waals surface area (Å²) >= 11 is 0. The van der Waals surface area contributed by atoms with E-state index in [0.717, 1.165) is 17.2 Å². The number of hydrogen-bond acceptors (Lipinski definition) is 3. The van der Waals surface area contributed by atoms with Gasteiger partial charge in [-0.2, -0.15) is 0 Å².